The van der Waals surface area contributed by atoms with Crippen LogP contribution in [0.4, 0.5) is 9.93 Å². The molecule has 1 aliphatic rings. The fourth-order valence-corrected chi connectivity index (χ4v) is 2.98. The molecule has 1 fully saturated rings. The first-order valence-electron chi connectivity index (χ1n) is 6.40. The quantitative estimate of drug-likeness (QED) is 0.897. The van der Waals surface area contributed by atoms with Crippen molar-refractivity contribution in [3.05, 3.63) is 5.51 Å². The predicted octanol–water partition coefficient (Wildman–Crippen LogP) is 2.68. The number of carbonyl (C=O) groups excluding carboxylic acids is 1. The van der Waals surface area contributed by atoms with Crippen molar-refractivity contribution in [1.29, 1.82) is 0 Å². The lowest BCUT2D eigenvalue weighted by atomic mass is 9.80. The third kappa shape index (κ3) is 2.98. The topological polar surface area (TPSA) is 58.1 Å². The van der Waals surface area contributed by atoms with E-state index in [-0.39, 0.29) is 6.03 Å². The second kappa shape index (κ2) is 5.65. The van der Waals surface area contributed by atoms with E-state index in [1.165, 1.54) is 11.3 Å². The molecule has 2 heterocycles. The van der Waals surface area contributed by atoms with Crippen LogP contribution in [0, 0.1) is 17.8 Å². The number of nitrogens with zero attached hydrogens (tertiary/aromatic N) is 3. The first-order valence-corrected chi connectivity index (χ1v) is 7.28. The zero-order valence-electron chi connectivity index (χ0n) is 11.1. The lowest BCUT2D eigenvalue weighted by molar-refractivity contribution is 0.119. The highest BCUT2D eigenvalue weighted by Gasteiger charge is 2.30. The van der Waals surface area contributed by atoms with Crippen LogP contribution in [-0.2, 0) is 0 Å². The fourth-order valence-electron chi connectivity index (χ4n) is 2.55. The molecule has 0 aromatic carbocycles. The Morgan fingerprint density at radius 2 is 2.39 bits per heavy atom. The van der Waals surface area contributed by atoms with Crippen LogP contribution < -0.4 is 5.32 Å². The van der Waals surface area contributed by atoms with Gasteiger partial charge in [0.05, 0.1) is 0 Å². The summed E-state index contributed by atoms with van der Waals surface area (Å²) in [6, 6.07) is -0.0516. The largest absolute Gasteiger partial charge is 0.324 e. The number of aromatic nitrogens is 2. The SMILES string of the molecule is CC(C)[C@H]1CN(C(=O)Nc2nncs2)CC[C@H]1C. The smallest absolute Gasteiger partial charge is 0.323 e. The minimum Gasteiger partial charge on any atom is -0.324 e. The van der Waals surface area contributed by atoms with Gasteiger partial charge in [-0.3, -0.25) is 5.32 Å². The molecule has 6 heteroatoms. The minimum absolute atomic E-state index is 0.0516. The summed E-state index contributed by atoms with van der Waals surface area (Å²) in [6.07, 6.45) is 1.08. The summed E-state index contributed by atoms with van der Waals surface area (Å²) >= 11 is 1.34. The Morgan fingerprint density at radius 1 is 1.61 bits per heavy atom. The highest BCUT2D eigenvalue weighted by Crippen LogP contribution is 2.29. The summed E-state index contributed by atoms with van der Waals surface area (Å²) in [6.45, 7) is 8.41. The molecule has 0 bridgehead atoms. The number of piperidine rings is 1. The molecule has 1 N–H and O–H groups in total. The Morgan fingerprint density at radius 3 is 3.00 bits per heavy atom. The Bertz CT molecular complexity index is 393. The standard InChI is InChI=1S/C12H20N4OS/c1-8(2)10-6-16(5-4-9(10)3)12(17)14-11-15-13-7-18-11/h7-10H,4-6H2,1-3H3,(H,14,15,17)/t9-,10-/m1/s1. The normalized spacial score (nSPS) is 24.3. The third-order valence-electron chi connectivity index (χ3n) is 3.73. The van der Waals surface area contributed by atoms with E-state index < -0.39 is 0 Å². The average molecular weight is 268 g/mol. The summed E-state index contributed by atoms with van der Waals surface area (Å²) in [5.41, 5.74) is 1.62. The van der Waals surface area contributed by atoms with E-state index in [1.54, 1.807) is 5.51 Å². The third-order valence-corrected chi connectivity index (χ3v) is 4.34. The van der Waals surface area contributed by atoms with Gasteiger partial charge >= 0.3 is 6.03 Å². The molecular formula is C12H20N4OS. The summed E-state index contributed by atoms with van der Waals surface area (Å²) in [5, 5.41) is 10.9. The second-order valence-corrected chi connectivity index (χ2v) is 6.13. The molecule has 2 amide bonds. The van der Waals surface area contributed by atoms with Gasteiger partial charge in [-0.05, 0) is 24.2 Å². The molecule has 0 unspecified atom stereocenters. The van der Waals surface area contributed by atoms with Crippen molar-refractivity contribution in [2.45, 2.75) is 27.2 Å². The summed E-state index contributed by atoms with van der Waals surface area (Å²) < 4.78 is 0. The molecule has 100 valence electrons. The van der Waals surface area contributed by atoms with Gasteiger partial charge in [-0.25, -0.2) is 4.79 Å². The van der Waals surface area contributed by atoms with Crippen molar-refractivity contribution in [3.63, 3.8) is 0 Å². The Hall–Kier alpha value is -1.17. The zero-order valence-corrected chi connectivity index (χ0v) is 11.9. The maximum Gasteiger partial charge on any atom is 0.323 e. The van der Waals surface area contributed by atoms with Gasteiger partial charge in [0.1, 0.15) is 5.51 Å². The van der Waals surface area contributed by atoms with Crippen LogP contribution in [-0.4, -0.2) is 34.2 Å². The molecule has 2 atom stereocenters. The Kier molecular flexibility index (Phi) is 4.16. The van der Waals surface area contributed by atoms with Crippen molar-refractivity contribution >= 4 is 22.5 Å². The van der Waals surface area contributed by atoms with Gasteiger partial charge in [0.2, 0.25) is 5.13 Å². The molecule has 18 heavy (non-hydrogen) atoms. The van der Waals surface area contributed by atoms with Crippen LogP contribution in [0.25, 0.3) is 0 Å². The molecule has 1 aromatic heterocycles. The second-order valence-electron chi connectivity index (χ2n) is 5.29. The van der Waals surface area contributed by atoms with E-state index >= 15 is 0 Å². The van der Waals surface area contributed by atoms with E-state index in [1.807, 2.05) is 4.90 Å². The van der Waals surface area contributed by atoms with Crippen molar-refractivity contribution < 1.29 is 4.79 Å². The number of amides is 2. The van der Waals surface area contributed by atoms with Crippen molar-refractivity contribution in [2.24, 2.45) is 17.8 Å². The van der Waals surface area contributed by atoms with Crippen molar-refractivity contribution in [2.75, 3.05) is 18.4 Å². The van der Waals surface area contributed by atoms with Crippen LogP contribution in [0.2, 0.25) is 0 Å². The van der Waals surface area contributed by atoms with Gasteiger partial charge < -0.3 is 4.90 Å². The maximum absolute atomic E-state index is 12.1. The number of rotatable bonds is 2. The minimum atomic E-state index is -0.0516. The van der Waals surface area contributed by atoms with E-state index in [4.69, 9.17) is 0 Å². The van der Waals surface area contributed by atoms with E-state index in [0.29, 0.717) is 22.9 Å². The monoisotopic (exact) mass is 268 g/mol. The van der Waals surface area contributed by atoms with Crippen molar-refractivity contribution in [3.8, 4) is 0 Å². The van der Waals surface area contributed by atoms with Gasteiger partial charge in [0, 0.05) is 13.1 Å². The number of anilines is 1. The van der Waals surface area contributed by atoms with Gasteiger partial charge in [-0.1, -0.05) is 32.1 Å². The van der Waals surface area contributed by atoms with E-state index in [2.05, 4.69) is 36.3 Å². The number of hydrogen-bond acceptors (Lipinski definition) is 4. The molecular weight excluding hydrogens is 248 g/mol. The molecule has 5 nitrogen and oxygen atoms in total. The molecule has 1 aliphatic heterocycles. The summed E-state index contributed by atoms with van der Waals surface area (Å²) in [5.74, 6) is 1.88. The lowest BCUT2D eigenvalue weighted by Gasteiger charge is -2.38. The van der Waals surface area contributed by atoms with Crippen LogP contribution in [0.1, 0.15) is 27.2 Å². The average Bonchev–Trinajstić information content (AvgIpc) is 2.81. The highest BCUT2D eigenvalue weighted by molar-refractivity contribution is 7.13. The fraction of sp³-hybridized carbons (Fsp3) is 0.750. The summed E-state index contributed by atoms with van der Waals surface area (Å²) in [4.78, 5) is 14.0. The number of hydrogen-bond donors (Lipinski definition) is 1. The first kappa shape index (κ1) is 13.3. The Balaban J connectivity index is 1.95. The van der Waals surface area contributed by atoms with Gasteiger partial charge in [0.15, 0.2) is 0 Å². The molecule has 1 aromatic rings. The maximum atomic E-state index is 12.1. The predicted molar refractivity (Wildman–Crippen MR) is 72.6 cm³/mol. The molecule has 1 saturated heterocycles. The Labute approximate surface area is 112 Å². The van der Waals surface area contributed by atoms with Crippen LogP contribution in [0.3, 0.4) is 0 Å². The van der Waals surface area contributed by atoms with E-state index in [0.717, 1.165) is 19.5 Å². The van der Waals surface area contributed by atoms with Gasteiger partial charge in [0.25, 0.3) is 0 Å². The van der Waals surface area contributed by atoms with E-state index in [9.17, 15) is 4.79 Å². The zero-order chi connectivity index (χ0) is 13.1. The molecule has 0 radical (unpaired) electrons. The number of urea groups is 1. The van der Waals surface area contributed by atoms with Gasteiger partial charge in [-0.15, -0.1) is 10.2 Å². The highest BCUT2D eigenvalue weighted by atomic mass is 32.1. The summed E-state index contributed by atoms with van der Waals surface area (Å²) in [7, 11) is 0. The van der Waals surface area contributed by atoms with Crippen LogP contribution in [0.15, 0.2) is 5.51 Å². The molecule has 0 aliphatic carbocycles. The molecule has 0 saturated carbocycles. The van der Waals surface area contributed by atoms with Gasteiger partial charge in [-0.2, -0.15) is 0 Å². The van der Waals surface area contributed by atoms with Crippen LogP contribution in [0.5, 0.6) is 0 Å². The number of nitrogens with one attached hydrogen (secondary N) is 1. The lowest BCUT2D eigenvalue weighted by Crippen LogP contribution is -2.46. The number of likely N-dealkylation sites (tertiary alicyclic amines) is 1. The number of carbonyl (C=O) groups is 1. The molecule has 0 spiro atoms. The van der Waals surface area contributed by atoms with Crippen LogP contribution >= 0.6 is 11.3 Å². The van der Waals surface area contributed by atoms with Crippen molar-refractivity contribution in [1.82, 2.24) is 15.1 Å². The molecule has 2 rings (SSSR count). The first-order chi connectivity index (χ1) is 8.58.